The van der Waals surface area contributed by atoms with E-state index in [1.165, 1.54) is 24.3 Å². The van der Waals surface area contributed by atoms with Crippen molar-refractivity contribution in [1.82, 2.24) is 31.9 Å². The van der Waals surface area contributed by atoms with Crippen LogP contribution in [0.15, 0.2) is 24.3 Å². The van der Waals surface area contributed by atoms with Crippen LogP contribution < -0.4 is 54.8 Å². The molecular formula is C35H52N10O16. The van der Waals surface area contributed by atoms with E-state index >= 15 is 0 Å². The number of primary amides is 2. The molecule has 0 aliphatic rings. The van der Waals surface area contributed by atoms with Gasteiger partial charge >= 0.3 is 17.9 Å². The van der Waals surface area contributed by atoms with Gasteiger partial charge in [-0.1, -0.05) is 12.1 Å². The molecule has 26 heteroatoms. The van der Waals surface area contributed by atoms with Gasteiger partial charge in [-0.05, 0) is 49.9 Å². The minimum absolute atomic E-state index is 0.129. The predicted octanol–water partition coefficient (Wildman–Crippen LogP) is -6.53. The number of phenols is 1. The maximum absolute atomic E-state index is 14.0. The number of nitrogens with one attached hydrogen (secondary N) is 6. The minimum atomic E-state index is -1.96. The Balaban J connectivity index is 3.55. The van der Waals surface area contributed by atoms with Crippen LogP contribution in [0.5, 0.6) is 5.75 Å². The summed E-state index contributed by atoms with van der Waals surface area (Å²) in [6.45, 7) is -0.722. The first-order chi connectivity index (χ1) is 28.6. The molecule has 0 radical (unpaired) electrons. The number of nitrogens with two attached hydrogens (primary N) is 4. The first kappa shape index (κ1) is 52.1. The standard InChI is InChI=1S/C35H52N10O16/c36-10-2-1-3-19(30(55)44-23(14-28(52)53)34(59)45-24(35(60)61)13-26(39)49)41-32(57)21(11-16-4-6-17(47)7-5-16)42-33(58)22(12-25(38)48)43-31(56)20(8-9-27(50)51)40-29(54)18(37)15-46/h4-7,18-24,46-47H,1-3,8-15,36-37H2,(H2,38,48)(H2,39,49)(H,40,54)(H,41,57)(H,42,58)(H,43,56)(H,44,55)(H,45,59)(H,50,51)(H,52,53)(H,60,61)/t18-,19-,20-,21-,22-,23-,24-/m0/s1. The van der Waals surface area contributed by atoms with Gasteiger partial charge in [0.2, 0.25) is 47.3 Å². The first-order valence-corrected chi connectivity index (χ1v) is 18.5. The largest absolute Gasteiger partial charge is 0.508 e. The summed E-state index contributed by atoms with van der Waals surface area (Å²) in [6, 6.07) is -6.98. The van der Waals surface area contributed by atoms with Crippen molar-refractivity contribution in [1.29, 1.82) is 0 Å². The third-order valence-corrected chi connectivity index (χ3v) is 8.47. The average Bonchev–Trinajstić information content (AvgIpc) is 3.17. The summed E-state index contributed by atoms with van der Waals surface area (Å²) in [5.74, 6) is -14.2. The molecule has 0 aliphatic heterocycles. The van der Waals surface area contributed by atoms with Gasteiger partial charge in [-0.25, -0.2) is 4.79 Å². The zero-order chi connectivity index (χ0) is 46.4. The van der Waals surface area contributed by atoms with Crippen LogP contribution in [0.25, 0.3) is 0 Å². The van der Waals surface area contributed by atoms with Gasteiger partial charge in [0.1, 0.15) is 48.0 Å². The number of carboxylic acid groups (broad SMARTS) is 3. The normalized spacial score (nSPS) is 14.2. The number of hydrogen-bond acceptors (Lipinski definition) is 15. The summed E-state index contributed by atoms with van der Waals surface area (Å²) in [7, 11) is 0. The quantitative estimate of drug-likeness (QED) is 0.0333. The summed E-state index contributed by atoms with van der Waals surface area (Å²) in [5.41, 5.74) is 21.7. The van der Waals surface area contributed by atoms with E-state index in [0.29, 0.717) is 12.0 Å². The predicted molar refractivity (Wildman–Crippen MR) is 206 cm³/mol. The molecule has 0 spiro atoms. The smallest absolute Gasteiger partial charge is 0.326 e. The highest BCUT2D eigenvalue weighted by Crippen LogP contribution is 2.13. The molecule has 0 unspecified atom stereocenters. The van der Waals surface area contributed by atoms with E-state index in [4.69, 9.17) is 28.0 Å². The summed E-state index contributed by atoms with van der Waals surface area (Å²) in [6.07, 6.45) is -4.21. The van der Waals surface area contributed by atoms with Crippen LogP contribution in [0.4, 0.5) is 0 Å². The van der Waals surface area contributed by atoms with E-state index < -0.39 is 146 Å². The lowest BCUT2D eigenvalue weighted by atomic mass is 10.0. The Morgan fingerprint density at radius 2 is 0.967 bits per heavy atom. The van der Waals surface area contributed by atoms with Crippen LogP contribution in [0.2, 0.25) is 0 Å². The molecule has 1 rings (SSSR count). The zero-order valence-electron chi connectivity index (χ0n) is 32.7. The Hall–Kier alpha value is -6.93. The number of amides is 8. The summed E-state index contributed by atoms with van der Waals surface area (Å²) in [5, 5.41) is 60.1. The summed E-state index contributed by atoms with van der Waals surface area (Å²) in [4.78, 5) is 138. The van der Waals surface area contributed by atoms with Gasteiger partial charge in [0.25, 0.3) is 0 Å². The molecule has 1 aromatic carbocycles. The van der Waals surface area contributed by atoms with Crippen molar-refractivity contribution in [3.63, 3.8) is 0 Å². The Morgan fingerprint density at radius 3 is 1.44 bits per heavy atom. The molecule has 7 atom stereocenters. The lowest BCUT2D eigenvalue weighted by Crippen LogP contribution is -2.60. The van der Waals surface area contributed by atoms with Crippen molar-refractivity contribution < 1.29 is 78.3 Å². The van der Waals surface area contributed by atoms with Gasteiger partial charge in [-0.3, -0.25) is 47.9 Å². The van der Waals surface area contributed by atoms with Crippen LogP contribution in [0.3, 0.4) is 0 Å². The number of carbonyl (C=O) groups excluding carboxylic acids is 8. The number of benzene rings is 1. The highest BCUT2D eigenvalue weighted by atomic mass is 16.4. The van der Waals surface area contributed by atoms with Crippen molar-refractivity contribution in [2.75, 3.05) is 13.2 Å². The number of carbonyl (C=O) groups is 11. The van der Waals surface area contributed by atoms with Gasteiger partial charge < -0.3 is 80.4 Å². The van der Waals surface area contributed by atoms with Crippen LogP contribution in [0, 0.1) is 0 Å². The molecule has 0 bridgehead atoms. The van der Waals surface area contributed by atoms with Crippen molar-refractivity contribution in [2.45, 2.75) is 100 Å². The highest BCUT2D eigenvalue weighted by Gasteiger charge is 2.35. The van der Waals surface area contributed by atoms with Crippen molar-refractivity contribution in [3.05, 3.63) is 29.8 Å². The van der Waals surface area contributed by atoms with Crippen molar-refractivity contribution >= 4 is 65.2 Å². The third-order valence-electron chi connectivity index (χ3n) is 8.47. The number of phenolic OH excluding ortho intramolecular Hbond substituents is 1. The fourth-order valence-electron chi connectivity index (χ4n) is 5.29. The molecule has 1 aromatic rings. The Labute approximate surface area is 346 Å². The Bertz CT molecular complexity index is 1760. The maximum Gasteiger partial charge on any atom is 0.326 e. The zero-order valence-corrected chi connectivity index (χ0v) is 32.7. The molecule has 0 aliphatic carbocycles. The molecule has 0 saturated heterocycles. The highest BCUT2D eigenvalue weighted by molar-refractivity contribution is 5.99. The molecule has 8 amide bonds. The van der Waals surface area contributed by atoms with Crippen molar-refractivity contribution in [3.8, 4) is 5.75 Å². The molecule has 0 saturated carbocycles. The monoisotopic (exact) mass is 868 g/mol. The number of aromatic hydroxyl groups is 1. The number of carboxylic acids is 3. The van der Waals surface area contributed by atoms with E-state index in [2.05, 4.69) is 26.6 Å². The molecule has 0 fully saturated rings. The number of unbranched alkanes of at least 4 members (excludes halogenated alkanes) is 1. The van der Waals surface area contributed by atoms with Crippen LogP contribution in [-0.4, -0.2) is 146 Å². The second-order valence-electron chi connectivity index (χ2n) is 13.5. The van der Waals surface area contributed by atoms with Gasteiger partial charge in [0.05, 0.1) is 25.9 Å². The number of aliphatic carboxylic acids is 3. The Morgan fingerprint density at radius 1 is 0.541 bits per heavy atom. The van der Waals surface area contributed by atoms with Crippen LogP contribution in [-0.2, 0) is 59.2 Å². The molecule has 338 valence electrons. The second kappa shape index (κ2) is 26.2. The van der Waals surface area contributed by atoms with Gasteiger partial charge in [-0.15, -0.1) is 0 Å². The molecular weight excluding hydrogens is 816 g/mol. The average molecular weight is 869 g/mol. The SMILES string of the molecule is NCCCC[C@H](NC(=O)[C@H](Cc1ccc(O)cc1)NC(=O)[C@H](CC(N)=O)NC(=O)[C@H](CCC(=O)O)NC(=O)[C@@H](N)CO)C(=O)N[C@@H](CC(=O)O)C(=O)N[C@@H](CC(N)=O)C(=O)O. The van der Waals surface area contributed by atoms with E-state index in [9.17, 15) is 73.2 Å². The van der Waals surface area contributed by atoms with E-state index in [1.807, 2.05) is 5.32 Å². The van der Waals surface area contributed by atoms with Gasteiger partial charge in [0.15, 0.2) is 0 Å². The van der Waals surface area contributed by atoms with Crippen molar-refractivity contribution in [2.24, 2.45) is 22.9 Å². The second-order valence-corrected chi connectivity index (χ2v) is 13.5. The lowest BCUT2D eigenvalue weighted by molar-refractivity contribution is -0.145. The summed E-state index contributed by atoms with van der Waals surface area (Å²) >= 11 is 0. The van der Waals surface area contributed by atoms with Gasteiger partial charge in [0, 0.05) is 12.8 Å². The summed E-state index contributed by atoms with van der Waals surface area (Å²) < 4.78 is 0. The lowest BCUT2D eigenvalue weighted by Gasteiger charge is -2.27. The number of aliphatic hydroxyl groups is 1. The van der Waals surface area contributed by atoms with Crippen LogP contribution >= 0.6 is 0 Å². The number of aliphatic hydroxyl groups excluding tert-OH is 1. The third kappa shape index (κ3) is 20.1. The topological polar surface area (TPSA) is 465 Å². The minimum Gasteiger partial charge on any atom is -0.508 e. The first-order valence-electron chi connectivity index (χ1n) is 18.5. The van der Waals surface area contributed by atoms with Gasteiger partial charge in [-0.2, -0.15) is 0 Å². The molecule has 0 heterocycles. The number of hydrogen-bond donors (Lipinski definition) is 15. The Kier molecular flexibility index (Phi) is 22.4. The maximum atomic E-state index is 14.0. The fourth-order valence-corrected chi connectivity index (χ4v) is 5.29. The number of rotatable bonds is 29. The van der Waals surface area contributed by atoms with E-state index in [0.717, 1.165) is 0 Å². The molecule has 19 N–H and O–H groups in total. The van der Waals surface area contributed by atoms with E-state index in [1.54, 1.807) is 0 Å². The van der Waals surface area contributed by atoms with E-state index in [-0.39, 0.29) is 31.6 Å². The molecule has 0 aromatic heterocycles. The van der Waals surface area contributed by atoms with Crippen LogP contribution in [0.1, 0.15) is 56.9 Å². The fraction of sp³-hybridized carbons (Fsp3) is 0.514. The molecule has 26 nitrogen and oxygen atoms in total. The molecule has 61 heavy (non-hydrogen) atoms.